The van der Waals surface area contributed by atoms with Crippen molar-refractivity contribution >= 4 is 0 Å². The van der Waals surface area contributed by atoms with E-state index in [1.807, 2.05) is 0 Å². The first kappa shape index (κ1) is 13.9. The summed E-state index contributed by atoms with van der Waals surface area (Å²) in [7, 11) is 0. The molecule has 16 heavy (non-hydrogen) atoms. The zero-order valence-electron chi connectivity index (χ0n) is 10.5. The van der Waals surface area contributed by atoms with Crippen LogP contribution in [0.15, 0.2) is 0 Å². The number of rotatable bonds is 10. The van der Waals surface area contributed by atoms with Crippen LogP contribution < -0.4 is 5.73 Å². The molecule has 0 saturated heterocycles. The minimum absolute atomic E-state index is 0.347. The maximum atomic E-state index is 8.70. The Morgan fingerprint density at radius 2 is 1.69 bits per heavy atom. The molecule has 0 aromatic heterocycles. The summed E-state index contributed by atoms with van der Waals surface area (Å²) in [5, 5.41) is 8.70. The highest BCUT2D eigenvalue weighted by molar-refractivity contribution is 4.79. The van der Waals surface area contributed by atoms with Crippen molar-refractivity contribution in [2.45, 2.75) is 57.4 Å². The van der Waals surface area contributed by atoms with Gasteiger partial charge in [-0.3, -0.25) is 0 Å². The smallest absolute Gasteiger partial charge is 0.0431 e. The molecule has 0 unspecified atom stereocenters. The molecule has 3 N–H and O–H groups in total. The fourth-order valence-electron chi connectivity index (χ4n) is 2.30. The highest BCUT2D eigenvalue weighted by Crippen LogP contribution is 2.25. The van der Waals surface area contributed by atoms with E-state index in [-0.39, 0.29) is 0 Å². The second-order valence-corrected chi connectivity index (χ2v) is 4.90. The third kappa shape index (κ3) is 5.28. The highest BCUT2D eigenvalue weighted by Gasteiger charge is 2.23. The predicted octanol–water partition coefficient (Wildman–Crippen LogP) is 1.74. The van der Waals surface area contributed by atoms with Gasteiger partial charge >= 0.3 is 0 Å². The van der Waals surface area contributed by atoms with Crippen molar-refractivity contribution in [3.05, 3.63) is 0 Å². The van der Waals surface area contributed by atoms with Crippen LogP contribution in [0.2, 0.25) is 0 Å². The van der Waals surface area contributed by atoms with Crippen LogP contribution >= 0.6 is 0 Å². The Hall–Kier alpha value is -0.120. The number of hydrogen-bond donors (Lipinski definition) is 2. The quantitative estimate of drug-likeness (QED) is 0.560. The maximum Gasteiger partial charge on any atom is 0.0431 e. The molecule has 0 aromatic carbocycles. The normalized spacial score (nSPS) is 16.7. The van der Waals surface area contributed by atoms with E-state index in [1.54, 1.807) is 0 Å². The fourth-order valence-corrected chi connectivity index (χ4v) is 2.30. The lowest BCUT2D eigenvalue weighted by Gasteiger charge is -2.37. The van der Waals surface area contributed by atoms with Gasteiger partial charge in [-0.15, -0.1) is 0 Å². The molecule has 0 amide bonds. The molecule has 0 bridgehead atoms. The number of aliphatic hydroxyl groups excluding tert-OH is 1. The lowest BCUT2D eigenvalue weighted by Crippen LogP contribution is -2.41. The molecule has 0 atom stereocenters. The van der Waals surface area contributed by atoms with E-state index in [2.05, 4.69) is 4.90 Å². The average molecular weight is 228 g/mol. The SMILES string of the molecule is NCCCN(CCCCCCO)C1CCC1. The molecule has 1 rings (SSSR count). The summed E-state index contributed by atoms with van der Waals surface area (Å²) in [6, 6.07) is 0.851. The van der Waals surface area contributed by atoms with Gasteiger partial charge in [-0.1, -0.05) is 19.3 Å². The van der Waals surface area contributed by atoms with Gasteiger partial charge in [0.2, 0.25) is 0 Å². The van der Waals surface area contributed by atoms with Crippen molar-refractivity contribution < 1.29 is 5.11 Å². The Morgan fingerprint density at radius 3 is 2.25 bits per heavy atom. The standard InChI is InChI=1S/C13H28N2O/c14-9-6-11-15(13-7-5-8-13)10-3-1-2-4-12-16/h13,16H,1-12,14H2. The maximum absolute atomic E-state index is 8.70. The van der Waals surface area contributed by atoms with Gasteiger partial charge in [0.1, 0.15) is 0 Å². The number of aliphatic hydroxyl groups is 1. The van der Waals surface area contributed by atoms with Gasteiger partial charge in [-0.05, 0) is 51.7 Å². The Balaban J connectivity index is 2.06. The van der Waals surface area contributed by atoms with Crippen LogP contribution in [0.3, 0.4) is 0 Å². The zero-order valence-corrected chi connectivity index (χ0v) is 10.5. The molecule has 1 aliphatic rings. The van der Waals surface area contributed by atoms with E-state index in [0.717, 1.165) is 25.4 Å². The van der Waals surface area contributed by atoms with Crippen molar-refractivity contribution in [2.24, 2.45) is 5.73 Å². The predicted molar refractivity (Wildman–Crippen MR) is 68.4 cm³/mol. The molecule has 0 heterocycles. The summed E-state index contributed by atoms with van der Waals surface area (Å²) in [5.74, 6) is 0. The van der Waals surface area contributed by atoms with Crippen LogP contribution in [0.25, 0.3) is 0 Å². The summed E-state index contributed by atoms with van der Waals surface area (Å²) in [6.07, 6.45) is 10.00. The lowest BCUT2D eigenvalue weighted by atomic mass is 9.91. The van der Waals surface area contributed by atoms with Crippen LogP contribution in [0.4, 0.5) is 0 Å². The van der Waals surface area contributed by atoms with Crippen molar-refractivity contribution in [3.8, 4) is 0 Å². The fraction of sp³-hybridized carbons (Fsp3) is 1.00. The molecular weight excluding hydrogens is 200 g/mol. The monoisotopic (exact) mass is 228 g/mol. The first-order chi connectivity index (χ1) is 7.88. The van der Waals surface area contributed by atoms with E-state index in [9.17, 15) is 0 Å². The number of nitrogens with zero attached hydrogens (tertiary/aromatic N) is 1. The van der Waals surface area contributed by atoms with E-state index >= 15 is 0 Å². The molecule has 0 aromatic rings. The van der Waals surface area contributed by atoms with Crippen molar-refractivity contribution in [3.63, 3.8) is 0 Å². The molecule has 3 nitrogen and oxygen atoms in total. The van der Waals surface area contributed by atoms with Gasteiger partial charge in [0.25, 0.3) is 0 Å². The Labute approximate surface area is 100 Å². The third-order valence-corrected chi connectivity index (χ3v) is 3.59. The molecular formula is C13H28N2O. The third-order valence-electron chi connectivity index (χ3n) is 3.59. The average Bonchev–Trinajstić information content (AvgIpc) is 2.22. The topological polar surface area (TPSA) is 49.5 Å². The van der Waals surface area contributed by atoms with E-state index in [4.69, 9.17) is 10.8 Å². The van der Waals surface area contributed by atoms with Gasteiger partial charge in [0.05, 0.1) is 0 Å². The van der Waals surface area contributed by atoms with Crippen LogP contribution in [0, 0.1) is 0 Å². The summed E-state index contributed by atoms with van der Waals surface area (Å²) < 4.78 is 0. The van der Waals surface area contributed by atoms with Gasteiger partial charge < -0.3 is 15.7 Å². The van der Waals surface area contributed by atoms with Crippen LogP contribution in [0.1, 0.15) is 51.4 Å². The Kier molecular flexibility index (Phi) is 7.81. The van der Waals surface area contributed by atoms with Gasteiger partial charge in [-0.25, -0.2) is 0 Å². The first-order valence-electron chi connectivity index (χ1n) is 6.93. The second-order valence-electron chi connectivity index (χ2n) is 4.90. The Morgan fingerprint density at radius 1 is 1.00 bits per heavy atom. The van der Waals surface area contributed by atoms with Crippen LogP contribution in [0.5, 0.6) is 0 Å². The molecule has 1 fully saturated rings. The zero-order chi connectivity index (χ0) is 11.6. The molecule has 96 valence electrons. The molecule has 3 heteroatoms. The van der Waals surface area contributed by atoms with E-state index < -0.39 is 0 Å². The summed E-state index contributed by atoms with van der Waals surface area (Å²) in [4.78, 5) is 2.63. The minimum atomic E-state index is 0.347. The van der Waals surface area contributed by atoms with Crippen LogP contribution in [-0.2, 0) is 0 Å². The van der Waals surface area contributed by atoms with Gasteiger partial charge in [-0.2, -0.15) is 0 Å². The van der Waals surface area contributed by atoms with Gasteiger partial charge in [0, 0.05) is 12.6 Å². The van der Waals surface area contributed by atoms with Crippen molar-refractivity contribution in [1.82, 2.24) is 4.90 Å². The minimum Gasteiger partial charge on any atom is -0.396 e. The first-order valence-corrected chi connectivity index (χ1v) is 6.93. The van der Waals surface area contributed by atoms with E-state index in [1.165, 1.54) is 51.6 Å². The Bertz CT molecular complexity index is 160. The molecule has 0 aliphatic heterocycles. The summed E-state index contributed by atoms with van der Waals surface area (Å²) in [5.41, 5.74) is 5.58. The van der Waals surface area contributed by atoms with Crippen LogP contribution in [-0.4, -0.2) is 42.3 Å². The second kappa shape index (κ2) is 8.97. The summed E-state index contributed by atoms with van der Waals surface area (Å²) >= 11 is 0. The molecule has 1 aliphatic carbocycles. The molecule has 1 saturated carbocycles. The van der Waals surface area contributed by atoms with Crippen molar-refractivity contribution in [2.75, 3.05) is 26.2 Å². The lowest BCUT2D eigenvalue weighted by molar-refractivity contribution is 0.123. The number of hydrogen-bond acceptors (Lipinski definition) is 3. The summed E-state index contributed by atoms with van der Waals surface area (Å²) in [6.45, 7) is 3.57. The number of unbranched alkanes of at least 4 members (excludes halogenated alkanes) is 3. The van der Waals surface area contributed by atoms with Gasteiger partial charge in [0.15, 0.2) is 0 Å². The largest absolute Gasteiger partial charge is 0.396 e. The highest BCUT2D eigenvalue weighted by atomic mass is 16.2. The van der Waals surface area contributed by atoms with Crippen molar-refractivity contribution in [1.29, 1.82) is 0 Å². The molecule has 0 spiro atoms. The number of nitrogens with two attached hydrogens (primary N) is 1. The van der Waals surface area contributed by atoms with E-state index in [0.29, 0.717) is 6.61 Å². The molecule has 0 radical (unpaired) electrons.